The summed E-state index contributed by atoms with van der Waals surface area (Å²) in [6.45, 7) is 7.98. The number of rotatable bonds is 4. The fourth-order valence-electron chi connectivity index (χ4n) is 2.53. The van der Waals surface area contributed by atoms with Crippen LogP contribution in [0.15, 0.2) is 24.3 Å². The van der Waals surface area contributed by atoms with Crippen LogP contribution in [0.2, 0.25) is 5.02 Å². The molecule has 2 N–H and O–H groups in total. The first-order chi connectivity index (χ1) is 9.00. The molecule has 1 heterocycles. The van der Waals surface area contributed by atoms with Crippen molar-refractivity contribution in [2.24, 2.45) is 5.73 Å². The number of benzene rings is 1. The van der Waals surface area contributed by atoms with Crippen molar-refractivity contribution in [3.8, 4) is 0 Å². The summed E-state index contributed by atoms with van der Waals surface area (Å²) in [7, 11) is 0. The predicted octanol–water partition coefficient (Wildman–Crippen LogP) is 2.84. The van der Waals surface area contributed by atoms with E-state index in [-0.39, 0.29) is 11.6 Å². The van der Waals surface area contributed by atoms with Crippen LogP contribution in [0.3, 0.4) is 0 Å². The number of halogens is 1. The number of hydrogen-bond donors (Lipinski definition) is 1. The normalized spacial score (nSPS) is 21.3. The highest BCUT2D eigenvalue weighted by Gasteiger charge is 2.30. The molecule has 106 valence electrons. The minimum atomic E-state index is -0.00709. The lowest BCUT2D eigenvalue weighted by Gasteiger charge is -2.42. The Bertz CT molecular complexity index is 422. The fourth-order valence-corrected chi connectivity index (χ4v) is 2.81. The maximum Gasteiger partial charge on any atom is 0.0645 e. The average Bonchev–Trinajstić information content (AvgIpc) is 2.37. The molecule has 1 fully saturated rings. The number of morpholine rings is 1. The summed E-state index contributed by atoms with van der Waals surface area (Å²) in [5.74, 6) is 0. The van der Waals surface area contributed by atoms with Crippen molar-refractivity contribution in [2.45, 2.75) is 31.8 Å². The zero-order valence-corrected chi connectivity index (χ0v) is 12.5. The van der Waals surface area contributed by atoms with Gasteiger partial charge >= 0.3 is 0 Å². The van der Waals surface area contributed by atoms with Crippen molar-refractivity contribution in [3.63, 3.8) is 0 Å². The second kappa shape index (κ2) is 6.23. The monoisotopic (exact) mass is 282 g/mol. The van der Waals surface area contributed by atoms with Crippen LogP contribution in [0.1, 0.15) is 31.9 Å². The zero-order chi connectivity index (χ0) is 13.9. The van der Waals surface area contributed by atoms with Gasteiger partial charge in [0, 0.05) is 29.7 Å². The molecule has 19 heavy (non-hydrogen) atoms. The van der Waals surface area contributed by atoms with Crippen LogP contribution < -0.4 is 5.73 Å². The van der Waals surface area contributed by atoms with Crippen LogP contribution in [0.25, 0.3) is 0 Å². The van der Waals surface area contributed by atoms with Gasteiger partial charge in [-0.2, -0.15) is 0 Å². The van der Waals surface area contributed by atoms with Gasteiger partial charge in [0.05, 0.1) is 13.2 Å². The molecule has 0 bridgehead atoms. The first kappa shape index (κ1) is 14.8. The van der Waals surface area contributed by atoms with Crippen LogP contribution in [0, 0.1) is 0 Å². The summed E-state index contributed by atoms with van der Waals surface area (Å²) in [5, 5.41) is 0.760. The second-order valence-electron chi connectivity index (χ2n) is 5.77. The van der Waals surface area contributed by atoms with Crippen molar-refractivity contribution in [3.05, 3.63) is 34.9 Å². The third-order valence-corrected chi connectivity index (χ3v) is 4.18. The van der Waals surface area contributed by atoms with Gasteiger partial charge in [0.1, 0.15) is 0 Å². The molecule has 4 heteroatoms. The van der Waals surface area contributed by atoms with E-state index >= 15 is 0 Å². The van der Waals surface area contributed by atoms with Gasteiger partial charge in [0.15, 0.2) is 0 Å². The first-order valence-electron chi connectivity index (χ1n) is 6.83. The maximum absolute atomic E-state index is 6.26. The summed E-state index contributed by atoms with van der Waals surface area (Å²) in [5.41, 5.74) is 7.39. The molecule has 1 aromatic rings. The molecule has 1 atom stereocenters. The Hall–Kier alpha value is -0.610. The smallest absolute Gasteiger partial charge is 0.0645 e. The van der Waals surface area contributed by atoms with Crippen molar-refractivity contribution in [1.29, 1.82) is 0 Å². The van der Waals surface area contributed by atoms with Gasteiger partial charge in [-0.05, 0) is 31.9 Å². The molecule has 2 rings (SSSR count). The highest BCUT2D eigenvalue weighted by Crippen LogP contribution is 2.25. The summed E-state index contributed by atoms with van der Waals surface area (Å²) in [6, 6.07) is 7.82. The highest BCUT2D eigenvalue weighted by atomic mass is 35.5. The van der Waals surface area contributed by atoms with E-state index in [0.29, 0.717) is 0 Å². The molecule has 0 radical (unpaired) electrons. The molecule has 0 saturated carbocycles. The standard InChI is InChI=1S/C15H23ClN2O/c1-15(2)11-19-10-9-18(15)8-7-14(17)12-5-3-4-6-13(12)16/h3-6,14H,7-11,17H2,1-2H3. The molecule has 0 aromatic heterocycles. The lowest BCUT2D eigenvalue weighted by molar-refractivity contribution is -0.0517. The van der Waals surface area contributed by atoms with Gasteiger partial charge in [0.2, 0.25) is 0 Å². The molecular formula is C15H23ClN2O. The third-order valence-electron chi connectivity index (χ3n) is 3.83. The van der Waals surface area contributed by atoms with Gasteiger partial charge in [-0.1, -0.05) is 29.8 Å². The van der Waals surface area contributed by atoms with Gasteiger partial charge < -0.3 is 10.5 Å². The van der Waals surface area contributed by atoms with E-state index in [0.717, 1.165) is 43.3 Å². The molecule has 1 aliphatic heterocycles. The van der Waals surface area contributed by atoms with Crippen molar-refractivity contribution in [1.82, 2.24) is 4.90 Å². The molecule has 1 unspecified atom stereocenters. The molecular weight excluding hydrogens is 260 g/mol. The Morgan fingerprint density at radius 3 is 2.84 bits per heavy atom. The molecule has 3 nitrogen and oxygen atoms in total. The fraction of sp³-hybridized carbons (Fsp3) is 0.600. The van der Waals surface area contributed by atoms with Crippen LogP contribution >= 0.6 is 11.6 Å². The van der Waals surface area contributed by atoms with Crippen LogP contribution in [0.4, 0.5) is 0 Å². The van der Waals surface area contributed by atoms with Crippen molar-refractivity contribution in [2.75, 3.05) is 26.3 Å². The predicted molar refractivity (Wildman–Crippen MR) is 79.5 cm³/mol. The molecule has 0 amide bonds. The Morgan fingerprint density at radius 2 is 2.16 bits per heavy atom. The lowest BCUT2D eigenvalue weighted by Crippen LogP contribution is -2.53. The summed E-state index contributed by atoms with van der Waals surface area (Å²) in [6.07, 6.45) is 0.910. The van der Waals surface area contributed by atoms with E-state index in [1.807, 2.05) is 24.3 Å². The van der Waals surface area contributed by atoms with Gasteiger partial charge in [-0.15, -0.1) is 0 Å². The number of nitrogens with two attached hydrogens (primary N) is 1. The molecule has 1 saturated heterocycles. The number of nitrogens with zero attached hydrogens (tertiary/aromatic N) is 1. The minimum Gasteiger partial charge on any atom is -0.378 e. The molecule has 1 aromatic carbocycles. The van der Waals surface area contributed by atoms with E-state index in [9.17, 15) is 0 Å². The minimum absolute atomic E-state index is 0.00709. The molecule has 0 spiro atoms. The first-order valence-corrected chi connectivity index (χ1v) is 7.21. The van der Waals surface area contributed by atoms with E-state index in [1.54, 1.807) is 0 Å². The Morgan fingerprint density at radius 1 is 1.42 bits per heavy atom. The van der Waals surface area contributed by atoms with E-state index in [1.165, 1.54) is 0 Å². The zero-order valence-electron chi connectivity index (χ0n) is 11.7. The Labute approximate surface area is 120 Å². The van der Waals surface area contributed by atoms with Crippen molar-refractivity contribution >= 4 is 11.6 Å². The van der Waals surface area contributed by atoms with Gasteiger partial charge in [0.25, 0.3) is 0 Å². The Kier molecular flexibility index (Phi) is 4.85. The van der Waals surface area contributed by atoms with Gasteiger partial charge in [-0.25, -0.2) is 0 Å². The second-order valence-corrected chi connectivity index (χ2v) is 6.18. The number of ether oxygens (including phenoxy) is 1. The highest BCUT2D eigenvalue weighted by molar-refractivity contribution is 6.31. The molecule has 0 aliphatic carbocycles. The van der Waals surface area contributed by atoms with Crippen LogP contribution in [-0.4, -0.2) is 36.7 Å². The van der Waals surface area contributed by atoms with E-state index < -0.39 is 0 Å². The average molecular weight is 283 g/mol. The summed E-state index contributed by atoms with van der Waals surface area (Å²) >= 11 is 6.18. The summed E-state index contributed by atoms with van der Waals surface area (Å²) < 4.78 is 5.53. The quantitative estimate of drug-likeness (QED) is 0.923. The SMILES string of the molecule is CC1(C)COCCN1CCC(N)c1ccccc1Cl. The Balaban J connectivity index is 1.93. The summed E-state index contributed by atoms with van der Waals surface area (Å²) in [4.78, 5) is 2.45. The van der Waals surface area contributed by atoms with Crippen LogP contribution in [-0.2, 0) is 4.74 Å². The third kappa shape index (κ3) is 3.69. The topological polar surface area (TPSA) is 38.5 Å². The number of hydrogen-bond acceptors (Lipinski definition) is 3. The lowest BCUT2D eigenvalue weighted by atomic mass is 9.99. The van der Waals surface area contributed by atoms with Gasteiger partial charge in [-0.3, -0.25) is 4.90 Å². The largest absolute Gasteiger partial charge is 0.378 e. The van der Waals surface area contributed by atoms with Crippen molar-refractivity contribution < 1.29 is 4.74 Å². The van der Waals surface area contributed by atoms with Crippen LogP contribution in [0.5, 0.6) is 0 Å². The molecule has 1 aliphatic rings. The maximum atomic E-state index is 6.26. The van der Waals surface area contributed by atoms with E-state index in [2.05, 4.69) is 18.7 Å². The van der Waals surface area contributed by atoms with E-state index in [4.69, 9.17) is 22.1 Å².